The first-order valence-electron chi connectivity index (χ1n) is 12.2. The van der Waals surface area contributed by atoms with Gasteiger partial charge in [0.1, 0.15) is 12.6 Å². The van der Waals surface area contributed by atoms with E-state index in [1.165, 1.54) is 29.2 Å². The molecule has 0 heterocycles. The van der Waals surface area contributed by atoms with E-state index in [0.29, 0.717) is 23.6 Å². The molecule has 0 fully saturated rings. The van der Waals surface area contributed by atoms with Crippen molar-refractivity contribution in [2.75, 3.05) is 17.4 Å². The van der Waals surface area contributed by atoms with Gasteiger partial charge in [0, 0.05) is 30.2 Å². The van der Waals surface area contributed by atoms with Gasteiger partial charge in [0.25, 0.3) is 15.7 Å². The second-order valence-corrected chi connectivity index (χ2v) is 11.0. The van der Waals surface area contributed by atoms with Crippen molar-refractivity contribution >= 4 is 44.8 Å². The first-order chi connectivity index (χ1) is 18.5. The summed E-state index contributed by atoms with van der Waals surface area (Å²) in [5.41, 5.74) is 0.480. The number of sulfonamides is 1. The zero-order valence-corrected chi connectivity index (χ0v) is 23.1. The molecule has 0 spiro atoms. The Kier molecular flexibility index (Phi) is 10.0. The summed E-state index contributed by atoms with van der Waals surface area (Å²) in [5, 5.41) is 14.4. The number of carbonyl (C=O) groups excluding carboxylic acids is 2. The van der Waals surface area contributed by atoms with Gasteiger partial charge in [-0.1, -0.05) is 48.9 Å². The monoisotopic (exact) mass is 572 g/mol. The number of hydrogen-bond acceptors (Lipinski definition) is 6. The van der Waals surface area contributed by atoms with E-state index in [1.54, 1.807) is 49.4 Å². The molecule has 0 aliphatic heterocycles. The van der Waals surface area contributed by atoms with Crippen LogP contribution in [0.5, 0.6) is 0 Å². The van der Waals surface area contributed by atoms with Crippen molar-refractivity contribution in [1.29, 1.82) is 0 Å². The van der Waals surface area contributed by atoms with E-state index in [-0.39, 0.29) is 28.7 Å². The predicted molar refractivity (Wildman–Crippen MR) is 149 cm³/mol. The van der Waals surface area contributed by atoms with Crippen molar-refractivity contribution in [2.45, 2.75) is 37.8 Å². The van der Waals surface area contributed by atoms with E-state index in [0.717, 1.165) is 16.4 Å². The van der Waals surface area contributed by atoms with Crippen LogP contribution < -0.4 is 9.62 Å². The summed E-state index contributed by atoms with van der Waals surface area (Å²) in [6.45, 7) is 3.23. The number of carbonyl (C=O) groups is 2. The number of benzene rings is 3. The molecule has 0 aliphatic carbocycles. The van der Waals surface area contributed by atoms with Gasteiger partial charge >= 0.3 is 0 Å². The first-order valence-corrected chi connectivity index (χ1v) is 14.0. The highest BCUT2D eigenvalue weighted by atomic mass is 35.5. The normalized spacial score (nSPS) is 11.9. The Balaban J connectivity index is 2.03. The number of nitro groups is 1. The average molecular weight is 573 g/mol. The summed E-state index contributed by atoms with van der Waals surface area (Å²) >= 11 is 6.13. The maximum Gasteiger partial charge on any atom is 0.269 e. The number of nitrogens with zero attached hydrogens (tertiary/aromatic N) is 3. The quantitative estimate of drug-likeness (QED) is 0.253. The minimum atomic E-state index is -4.26. The number of halogens is 1. The Morgan fingerprint density at radius 2 is 1.69 bits per heavy atom. The van der Waals surface area contributed by atoms with Gasteiger partial charge in [0.2, 0.25) is 11.8 Å². The minimum absolute atomic E-state index is 0.000406. The third-order valence-electron chi connectivity index (χ3n) is 5.92. The molecule has 3 aromatic carbocycles. The molecule has 1 N–H and O–H groups in total. The van der Waals surface area contributed by atoms with E-state index in [9.17, 15) is 28.1 Å². The Morgan fingerprint density at radius 3 is 2.28 bits per heavy atom. The van der Waals surface area contributed by atoms with Crippen LogP contribution in [0, 0.1) is 10.1 Å². The molecule has 39 heavy (non-hydrogen) atoms. The minimum Gasteiger partial charge on any atom is -0.354 e. The molecule has 0 bridgehead atoms. The highest BCUT2D eigenvalue weighted by Crippen LogP contribution is 2.26. The molecular formula is C27H29ClN4O6S. The molecule has 3 aromatic rings. The van der Waals surface area contributed by atoms with Crippen LogP contribution in [0.2, 0.25) is 5.02 Å². The first kappa shape index (κ1) is 29.6. The van der Waals surface area contributed by atoms with Crippen molar-refractivity contribution in [1.82, 2.24) is 10.2 Å². The molecular weight excluding hydrogens is 544 g/mol. The highest BCUT2D eigenvalue weighted by Gasteiger charge is 2.32. The van der Waals surface area contributed by atoms with Crippen LogP contribution in [0.4, 0.5) is 11.4 Å². The van der Waals surface area contributed by atoms with Crippen molar-refractivity contribution in [3.05, 3.63) is 99.6 Å². The lowest BCUT2D eigenvalue weighted by molar-refractivity contribution is -0.384. The lowest BCUT2D eigenvalue weighted by Crippen LogP contribution is -2.51. The van der Waals surface area contributed by atoms with Gasteiger partial charge in [0.05, 0.1) is 15.5 Å². The Bertz CT molecular complexity index is 1420. The largest absolute Gasteiger partial charge is 0.354 e. The molecule has 0 saturated carbocycles. The molecule has 0 unspecified atom stereocenters. The van der Waals surface area contributed by atoms with E-state index in [1.807, 2.05) is 6.92 Å². The number of non-ortho nitro benzene ring substituents is 1. The highest BCUT2D eigenvalue weighted by molar-refractivity contribution is 7.92. The van der Waals surface area contributed by atoms with Crippen LogP contribution in [0.25, 0.3) is 0 Å². The molecule has 2 amide bonds. The fourth-order valence-electron chi connectivity index (χ4n) is 3.80. The summed E-state index contributed by atoms with van der Waals surface area (Å²) in [6.07, 6.45) is 0.698. The average Bonchev–Trinajstić information content (AvgIpc) is 2.93. The third-order valence-corrected chi connectivity index (χ3v) is 7.94. The lowest BCUT2D eigenvalue weighted by atomic mass is 10.1. The van der Waals surface area contributed by atoms with Crippen molar-refractivity contribution in [3.63, 3.8) is 0 Å². The van der Waals surface area contributed by atoms with Crippen LogP contribution in [0.1, 0.15) is 25.8 Å². The molecule has 12 heteroatoms. The van der Waals surface area contributed by atoms with Gasteiger partial charge in [-0.15, -0.1) is 0 Å². The maximum atomic E-state index is 13.8. The summed E-state index contributed by atoms with van der Waals surface area (Å²) in [5.74, 6) is -1.04. The van der Waals surface area contributed by atoms with E-state index in [2.05, 4.69) is 5.32 Å². The number of anilines is 1. The molecule has 0 aromatic heterocycles. The Morgan fingerprint density at radius 1 is 1.03 bits per heavy atom. The van der Waals surface area contributed by atoms with Crippen LogP contribution in [0.3, 0.4) is 0 Å². The van der Waals surface area contributed by atoms with Crippen molar-refractivity contribution in [3.8, 4) is 0 Å². The van der Waals surface area contributed by atoms with Crippen LogP contribution in [0.15, 0.2) is 83.8 Å². The number of rotatable bonds is 12. The number of amides is 2. The van der Waals surface area contributed by atoms with E-state index in [4.69, 9.17) is 11.6 Å². The number of hydrogen-bond donors (Lipinski definition) is 1. The van der Waals surface area contributed by atoms with Gasteiger partial charge in [-0.05, 0) is 55.3 Å². The maximum absolute atomic E-state index is 13.8. The second-order valence-electron chi connectivity index (χ2n) is 8.72. The Labute approximate surface area is 232 Å². The topological polar surface area (TPSA) is 130 Å². The smallest absolute Gasteiger partial charge is 0.269 e. The van der Waals surface area contributed by atoms with Gasteiger partial charge in [-0.3, -0.25) is 24.0 Å². The van der Waals surface area contributed by atoms with Gasteiger partial charge in [-0.2, -0.15) is 0 Å². The Hall–Kier alpha value is -3.96. The van der Waals surface area contributed by atoms with Gasteiger partial charge in [0.15, 0.2) is 0 Å². The summed E-state index contributed by atoms with van der Waals surface area (Å²) in [7, 11) is -4.26. The molecule has 1 atom stereocenters. The molecule has 0 saturated heterocycles. The zero-order chi connectivity index (χ0) is 28.6. The molecule has 0 aliphatic rings. The fourth-order valence-corrected chi connectivity index (χ4v) is 5.45. The lowest BCUT2D eigenvalue weighted by Gasteiger charge is -2.32. The summed E-state index contributed by atoms with van der Waals surface area (Å²) in [4.78, 5) is 38.4. The van der Waals surface area contributed by atoms with Gasteiger partial charge < -0.3 is 10.2 Å². The molecule has 10 nitrogen and oxygen atoms in total. The van der Waals surface area contributed by atoms with Crippen LogP contribution >= 0.6 is 11.6 Å². The predicted octanol–water partition coefficient (Wildman–Crippen LogP) is 4.39. The molecule has 3 rings (SSSR count). The van der Waals surface area contributed by atoms with Crippen LogP contribution in [-0.2, 0) is 26.2 Å². The van der Waals surface area contributed by atoms with Crippen molar-refractivity contribution in [2.24, 2.45) is 0 Å². The standard InChI is InChI=1S/C27H29ClN4O6S/c1-3-16-29-27(34)20(2)30(18-21-8-7-9-22(28)17-21)26(33)19-31(23-12-14-24(15-13-23)32(35)36)39(37,38)25-10-5-4-6-11-25/h4-15,17,20H,3,16,18-19H2,1-2H3,(H,29,34)/t20-/m0/s1. The fraction of sp³-hybridized carbons (Fsp3) is 0.259. The van der Waals surface area contributed by atoms with E-state index >= 15 is 0 Å². The van der Waals surface area contributed by atoms with Gasteiger partial charge in [-0.25, -0.2) is 8.42 Å². The summed E-state index contributed by atoms with van der Waals surface area (Å²) in [6, 6.07) is 18.3. The molecule has 0 radical (unpaired) electrons. The summed E-state index contributed by atoms with van der Waals surface area (Å²) < 4.78 is 28.2. The van der Waals surface area contributed by atoms with Crippen molar-refractivity contribution < 1.29 is 22.9 Å². The van der Waals surface area contributed by atoms with Crippen LogP contribution in [-0.4, -0.2) is 49.2 Å². The second kappa shape index (κ2) is 13.2. The SMILES string of the molecule is CCCNC(=O)[C@H](C)N(Cc1cccc(Cl)c1)C(=O)CN(c1ccc([N+](=O)[O-])cc1)S(=O)(=O)c1ccccc1. The molecule has 206 valence electrons. The number of nitro benzene ring substituents is 1. The zero-order valence-electron chi connectivity index (χ0n) is 21.5. The van der Waals surface area contributed by atoms with E-state index < -0.39 is 33.4 Å². The number of nitrogens with one attached hydrogen (secondary N) is 1. The third kappa shape index (κ3) is 7.55.